The summed E-state index contributed by atoms with van der Waals surface area (Å²) in [5, 5.41) is 3.08. The molecule has 0 saturated carbocycles. The van der Waals surface area contributed by atoms with E-state index in [1.165, 1.54) is 11.1 Å². The number of carbonyl (C=O) groups is 1. The molecule has 6 heteroatoms. The van der Waals surface area contributed by atoms with Crippen LogP contribution in [0, 0.1) is 0 Å². The van der Waals surface area contributed by atoms with Crippen LogP contribution in [0.25, 0.3) is 0 Å². The van der Waals surface area contributed by atoms with Crippen LogP contribution in [0.1, 0.15) is 96.4 Å². The van der Waals surface area contributed by atoms with Crippen molar-refractivity contribution >= 4 is 11.7 Å². The van der Waals surface area contributed by atoms with E-state index >= 15 is 0 Å². The minimum absolute atomic E-state index is 0.00700. The first-order valence-electron chi connectivity index (χ1n) is 17.9. The Morgan fingerprint density at radius 3 is 2.00 bits per heavy atom. The first-order chi connectivity index (χ1) is 23.5. The largest absolute Gasteiger partial charge is 0.494 e. The van der Waals surface area contributed by atoms with E-state index in [2.05, 4.69) is 77.2 Å². The smallest absolute Gasteiger partial charge is 0.322 e. The molecule has 6 nitrogen and oxygen atoms in total. The van der Waals surface area contributed by atoms with Gasteiger partial charge in [0.1, 0.15) is 23.9 Å². The van der Waals surface area contributed by atoms with E-state index in [-0.39, 0.29) is 16.9 Å². The fourth-order valence-electron chi connectivity index (χ4n) is 5.50. The van der Waals surface area contributed by atoms with Crippen LogP contribution in [0.5, 0.6) is 17.2 Å². The van der Waals surface area contributed by atoms with Gasteiger partial charge in [-0.1, -0.05) is 96.1 Å². The third-order valence-corrected chi connectivity index (χ3v) is 9.59. The summed E-state index contributed by atoms with van der Waals surface area (Å²) in [7, 11) is 0. The number of anilines is 1. The summed E-state index contributed by atoms with van der Waals surface area (Å²) < 4.78 is 18.0. The molecule has 0 atom stereocenters. The average molecular weight is 665 g/mol. The number of nitrogens with one attached hydrogen (secondary N) is 1. The van der Waals surface area contributed by atoms with E-state index in [1.54, 1.807) is 0 Å². The quantitative estimate of drug-likeness (QED) is 0.108. The molecule has 0 heterocycles. The summed E-state index contributed by atoms with van der Waals surface area (Å²) >= 11 is 0. The topological polar surface area (TPSA) is 60.0 Å². The molecule has 2 amide bonds. The summed E-state index contributed by atoms with van der Waals surface area (Å²) in [5.41, 5.74) is 5.62. The number of ether oxygens (including phenoxy) is 3. The van der Waals surface area contributed by atoms with E-state index in [9.17, 15) is 4.79 Å². The maximum Gasteiger partial charge on any atom is 0.322 e. The van der Waals surface area contributed by atoms with Crippen LogP contribution in [0.3, 0.4) is 0 Å². The molecule has 0 aromatic heterocycles. The fraction of sp³-hybridized carbons (Fsp3) is 0.419. The number of urea groups is 1. The number of nitrogens with zero attached hydrogens (tertiary/aromatic N) is 1. The van der Waals surface area contributed by atoms with Crippen LogP contribution in [-0.4, -0.2) is 30.7 Å². The van der Waals surface area contributed by atoms with Gasteiger partial charge in [-0.15, -0.1) is 0 Å². The normalized spacial score (nSPS) is 11.6. The van der Waals surface area contributed by atoms with Gasteiger partial charge in [-0.3, -0.25) is 0 Å². The molecule has 0 fully saturated rings. The van der Waals surface area contributed by atoms with Gasteiger partial charge in [-0.2, -0.15) is 0 Å². The van der Waals surface area contributed by atoms with Crippen molar-refractivity contribution in [3.8, 4) is 17.2 Å². The molecule has 0 spiro atoms. The summed E-state index contributed by atoms with van der Waals surface area (Å²) in [4.78, 5) is 15.5. The number of rotatable bonds is 18. The van der Waals surface area contributed by atoms with Crippen LogP contribution >= 0.6 is 0 Å². The van der Waals surface area contributed by atoms with Gasteiger partial charge in [0.15, 0.2) is 0 Å². The molecule has 4 rings (SSSR count). The second-order valence-electron chi connectivity index (χ2n) is 14.0. The van der Waals surface area contributed by atoms with E-state index in [1.807, 2.05) is 78.6 Å². The second kappa shape index (κ2) is 17.8. The summed E-state index contributed by atoms with van der Waals surface area (Å²) in [6, 6.07) is 32.2. The van der Waals surface area contributed by atoms with Crippen molar-refractivity contribution < 1.29 is 19.0 Å². The third-order valence-electron chi connectivity index (χ3n) is 9.59. The molecule has 0 aliphatic rings. The average Bonchev–Trinajstić information content (AvgIpc) is 3.12. The van der Waals surface area contributed by atoms with Gasteiger partial charge >= 0.3 is 6.03 Å². The van der Waals surface area contributed by atoms with Crippen molar-refractivity contribution in [3.63, 3.8) is 0 Å². The first-order valence-corrected chi connectivity index (χ1v) is 17.9. The molecule has 4 aromatic carbocycles. The maximum absolute atomic E-state index is 13.6. The standard InChI is InChI=1S/C43H56N2O4/c1-8-42(4,5)35-20-27-40(39(30-35)43(6,7)9-2)48-29-15-14-28-45(41(46)44-36-21-25-37(26-22-36)47-10-3)31-33-18-23-38(24-19-33)49-32-34-16-12-11-13-17-34/h11-13,16-27,30H,8-10,14-15,28-29,31-32H2,1-7H3,(H,44,46). The highest BCUT2D eigenvalue weighted by molar-refractivity contribution is 5.89. The van der Waals surface area contributed by atoms with Crippen molar-refractivity contribution in [1.29, 1.82) is 0 Å². The first kappa shape index (κ1) is 37.4. The highest BCUT2D eigenvalue weighted by atomic mass is 16.5. The SMILES string of the molecule is CCOc1ccc(NC(=O)N(CCCCOc2ccc(C(C)(C)CC)cc2C(C)(C)CC)Cc2ccc(OCc3ccccc3)cc2)cc1. The van der Waals surface area contributed by atoms with Gasteiger partial charge < -0.3 is 24.4 Å². The van der Waals surface area contributed by atoms with Gasteiger partial charge in [-0.25, -0.2) is 4.79 Å². The number of benzene rings is 4. The van der Waals surface area contributed by atoms with Crippen molar-refractivity contribution in [2.45, 2.75) is 98.1 Å². The van der Waals surface area contributed by atoms with Crippen molar-refractivity contribution in [2.24, 2.45) is 0 Å². The summed E-state index contributed by atoms with van der Waals surface area (Å²) in [6.07, 6.45) is 3.74. The van der Waals surface area contributed by atoms with Crippen LogP contribution in [-0.2, 0) is 24.0 Å². The van der Waals surface area contributed by atoms with E-state index in [0.29, 0.717) is 32.9 Å². The molecule has 4 aromatic rings. The Balaban J connectivity index is 1.40. The lowest BCUT2D eigenvalue weighted by molar-refractivity contribution is 0.205. The molecule has 0 bridgehead atoms. The zero-order valence-electron chi connectivity index (χ0n) is 30.7. The van der Waals surface area contributed by atoms with Crippen LogP contribution in [0.2, 0.25) is 0 Å². The van der Waals surface area contributed by atoms with Gasteiger partial charge in [-0.05, 0) is 103 Å². The molecule has 262 valence electrons. The Hall–Kier alpha value is -4.45. The fourth-order valence-corrected chi connectivity index (χ4v) is 5.50. The second-order valence-corrected chi connectivity index (χ2v) is 14.0. The number of unbranched alkanes of at least 4 members (excludes halogenated alkanes) is 1. The molecule has 0 unspecified atom stereocenters. The van der Waals surface area contributed by atoms with Crippen molar-refractivity contribution in [3.05, 3.63) is 119 Å². The summed E-state index contributed by atoms with van der Waals surface area (Å²) in [5.74, 6) is 2.54. The monoisotopic (exact) mass is 664 g/mol. The predicted molar refractivity (Wildman–Crippen MR) is 202 cm³/mol. The lowest BCUT2D eigenvalue weighted by Gasteiger charge is -2.30. The molecule has 0 radical (unpaired) electrons. The van der Waals surface area contributed by atoms with Crippen LogP contribution < -0.4 is 19.5 Å². The Bertz CT molecular complexity index is 1580. The van der Waals surface area contributed by atoms with E-state index < -0.39 is 0 Å². The minimum Gasteiger partial charge on any atom is -0.494 e. The van der Waals surface area contributed by atoms with Crippen LogP contribution in [0.15, 0.2) is 97.1 Å². The predicted octanol–water partition coefficient (Wildman–Crippen LogP) is 10.9. The Morgan fingerprint density at radius 2 is 1.35 bits per heavy atom. The lowest BCUT2D eigenvalue weighted by Crippen LogP contribution is -2.35. The molecule has 49 heavy (non-hydrogen) atoms. The van der Waals surface area contributed by atoms with E-state index in [4.69, 9.17) is 14.2 Å². The Kier molecular flexibility index (Phi) is 13.6. The number of hydrogen-bond donors (Lipinski definition) is 1. The molecule has 0 aliphatic carbocycles. The number of carbonyl (C=O) groups excluding carboxylic acids is 1. The highest BCUT2D eigenvalue weighted by Crippen LogP contribution is 2.38. The van der Waals surface area contributed by atoms with Crippen molar-refractivity contribution in [1.82, 2.24) is 4.90 Å². The third kappa shape index (κ3) is 11.0. The maximum atomic E-state index is 13.6. The molecule has 0 saturated heterocycles. The van der Waals surface area contributed by atoms with Gasteiger partial charge in [0.25, 0.3) is 0 Å². The van der Waals surface area contributed by atoms with Gasteiger partial charge in [0.05, 0.1) is 13.2 Å². The van der Waals surface area contributed by atoms with Gasteiger partial charge in [0, 0.05) is 24.3 Å². The number of hydrogen-bond acceptors (Lipinski definition) is 4. The highest BCUT2D eigenvalue weighted by Gasteiger charge is 2.26. The Labute approximate surface area is 294 Å². The zero-order valence-corrected chi connectivity index (χ0v) is 30.7. The Morgan fingerprint density at radius 1 is 0.694 bits per heavy atom. The molecular formula is C43H56N2O4. The van der Waals surface area contributed by atoms with Crippen molar-refractivity contribution in [2.75, 3.05) is 25.1 Å². The molecule has 0 aliphatic heterocycles. The zero-order chi connectivity index (χ0) is 35.3. The van der Waals surface area contributed by atoms with Crippen LogP contribution in [0.4, 0.5) is 10.5 Å². The number of amides is 2. The summed E-state index contributed by atoms with van der Waals surface area (Å²) in [6.45, 7) is 18.4. The van der Waals surface area contributed by atoms with E-state index in [0.717, 1.165) is 59.7 Å². The minimum atomic E-state index is -0.143. The lowest BCUT2D eigenvalue weighted by atomic mass is 9.76. The molecule has 1 N–H and O–H groups in total. The molecular weight excluding hydrogens is 608 g/mol. The van der Waals surface area contributed by atoms with Gasteiger partial charge in [0.2, 0.25) is 0 Å².